The summed E-state index contributed by atoms with van der Waals surface area (Å²) in [6.45, 7) is 4.93. The molecule has 0 unspecified atom stereocenters. The first-order valence-electron chi connectivity index (χ1n) is 10.8. The number of rotatable bonds is 4. The summed E-state index contributed by atoms with van der Waals surface area (Å²) in [6, 6.07) is 15.0. The van der Waals surface area contributed by atoms with Crippen molar-refractivity contribution in [1.29, 1.82) is 5.26 Å². The van der Waals surface area contributed by atoms with Gasteiger partial charge in [-0.3, -0.25) is 9.89 Å². The van der Waals surface area contributed by atoms with Gasteiger partial charge in [0.05, 0.1) is 28.7 Å². The molecule has 0 fully saturated rings. The van der Waals surface area contributed by atoms with Crippen molar-refractivity contribution in [1.82, 2.24) is 14.3 Å². The van der Waals surface area contributed by atoms with Gasteiger partial charge in [-0.2, -0.15) is 5.26 Å². The Morgan fingerprint density at radius 3 is 2.65 bits per heavy atom. The van der Waals surface area contributed by atoms with E-state index in [9.17, 15) is 5.26 Å². The Morgan fingerprint density at radius 2 is 1.87 bits per heavy atom. The van der Waals surface area contributed by atoms with Crippen molar-refractivity contribution < 1.29 is 0 Å². The molecule has 5 nitrogen and oxygen atoms in total. The molecule has 0 spiro atoms. The fourth-order valence-electron chi connectivity index (χ4n) is 4.29. The quantitative estimate of drug-likeness (QED) is 0.561. The van der Waals surface area contributed by atoms with Crippen molar-refractivity contribution in [3.8, 4) is 17.3 Å². The molecule has 2 aliphatic heterocycles. The van der Waals surface area contributed by atoms with Crippen LogP contribution in [0.15, 0.2) is 65.3 Å². The number of pyridine rings is 1. The Bertz CT molecular complexity index is 1250. The van der Waals surface area contributed by atoms with Crippen LogP contribution in [0.25, 0.3) is 22.6 Å². The maximum absolute atomic E-state index is 9.57. The lowest BCUT2D eigenvalue weighted by Gasteiger charge is -2.23. The predicted octanol–water partition coefficient (Wildman–Crippen LogP) is 5.17. The summed E-state index contributed by atoms with van der Waals surface area (Å²) in [4.78, 5) is 12.0. The number of benzene rings is 1. The van der Waals surface area contributed by atoms with Gasteiger partial charge in [-0.1, -0.05) is 42.0 Å². The van der Waals surface area contributed by atoms with E-state index in [-0.39, 0.29) is 0 Å². The van der Waals surface area contributed by atoms with Crippen LogP contribution in [0.2, 0.25) is 0 Å². The smallest absolute Gasteiger partial charge is 0.137 e. The molecule has 0 N–H and O–H groups in total. The number of imidazole rings is 1. The van der Waals surface area contributed by atoms with Gasteiger partial charge in [0, 0.05) is 43.2 Å². The van der Waals surface area contributed by atoms with Gasteiger partial charge in [-0.15, -0.1) is 0 Å². The summed E-state index contributed by atoms with van der Waals surface area (Å²) in [6.07, 6.45) is 11.2. The third-order valence-electron chi connectivity index (χ3n) is 6.00. The Balaban J connectivity index is 1.66. The number of nitriles is 1. The second kappa shape index (κ2) is 8.33. The zero-order chi connectivity index (χ0) is 21.2. The second-order valence-electron chi connectivity index (χ2n) is 8.20. The second-order valence-corrected chi connectivity index (χ2v) is 8.20. The van der Waals surface area contributed by atoms with Gasteiger partial charge >= 0.3 is 0 Å². The van der Waals surface area contributed by atoms with Gasteiger partial charge in [0.2, 0.25) is 0 Å². The first-order valence-corrected chi connectivity index (χ1v) is 10.8. The lowest BCUT2D eigenvalue weighted by atomic mass is 10.0. The van der Waals surface area contributed by atoms with Crippen LogP contribution in [0.1, 0.15) is 36.1 Å². The molecule has 0 aliphatic carbocycles. The van der Waals surface area contributed by atoms with Gasteiger partial charge in [0.25, 0.3) is 0 Å². The third-order valence-corrected chi connectivity index (χ3v) is 6.00. The number of hydrogen-bond donors (Lipinski definition) is 0. The van der Waals surface area contributed by atoms with Crippen molar-refractivity contribution >= 4 is 17.6 Å². The largest absolute Gasteiger partial charge is 0.301 e. The molecule has 0 atom stereocenters. The normalized spacial score (nSPS) is 16.8. The SMILES string of the molecule is Cc1ccc(-c2nc3ccc(C4=C(C#N)CCC=N4)cn3c2CN2CC=CCC2)cc1. The molecule has 5 heteroatoms. The highest BCUT2D eigenvalue weighted by atomic mass is 15.2. The molecule has 0 saturated heterocycles. The highest BCUT2D eigenvalue weighted by molar-refractivity contribution is 5.81. The zero-order valence-corrected chi connectivity index (χ0v) is 17.8. The molecule has 31 heavy (non-hydrogen) atoms. The monoisotopic (exact) mass is 407 g/mol. The maximum Gasteiger partial charge on any atom is 0.137 e. The Hall–Kier alpha value is -3.49. The molecule has 2 aromatic heterocycles. The number of aliphatic imine (C=N–C) groups is 1. The fraction of sp³-hybridized carbons (Fsp3) is 0.269. The highest BCUT2D eigenvalue weighted by Gasteiger charge is 2.19. The minimum absolute atomic E-state index is 0.749. The molecule has 4 heterocycles. The summed E-state index contributed by atoms with van der Waals surface area (Å²) < 4.78 is 2.19. The minimum Gasteiger partial charge on any atom is -0.301 e. The van der Waals surface area contributed by atoms with Crippen LogP contribution in [0.3, 0.4) is 0 Å². The number of hydrogen-bond acceptors (Lipinski definition) is 4. The summed E-state index contributed by atoms with van der Waals surface area (Å²) in [5.41, 5.74) is 7.99. The van der Waals surface area contributed by atoms with E-state index in [1.54, 1.807) is 0 Å². The molecule has 5 rings (SSSR count). The maximum atomic E-state index is 9.57. The molecule has 3 aromatic rings. The Morgan fingerprint density at radius 1 is 1.03 bits per heavy atom. The number of aromatic nitrogens is 2. The van der Waals surface area contributed by atoms with Crippen molar-refractivity contribution in [2.45, 2.75) is 32.7 Å². The minimum atomic E-state index is 0.749. The molecule has 154 valence electrons. The van der Waals surface area contributed by atoms with Gasteiger partial charge in [-0.25, -0.2) is 4.98 Å². The van der Waals surface area contributed by atoms with Crippen LogP contribution >= 0.6 is 0 Å². The highest BCUT2D eigenvalue weighted by Crippen LogP contribution is 2.30. The van der Waals surface area contributed by atoms with Crippen molar-refractivity contribution in [2.24, 2.45) is 4.99 Å². The standard InChI is InChI=1S/C26H25N5/c1-19-7-9-20(10-8-19)26-23(18-30-14-3-2-4-15-30)31-17-22(11-12-24(31)29-26)25-21(16-27)6-5-13-28-25/h2-3,7-13,17H,4-6,14-15,18H2,1H3. The van der Waals surface area contributed by atoms with Crippen LogP contribution < -0.4 is 0 Å². The van der Waals surface area contributed by atoms with E-state index in [1.165, 1.54) is 11.3 Å². The van der Waals surface area contributed by atoms with E-state index in [0.29, 0.717) is 0 Å². The molecule has 0 amide bonds. The molecule has 0 bridgehead atoms. The van der Waals surface area contributed by atoms with E-state index < -0.39 is 0 Å². The third kappa shape index (κ3) is 3.83. The average Bonchev–Trinajstić information content (AvgIpc) is 3.17. The summed E-state index contributed by atoms with van der Waals surface area (Å²) in [7, 11) is 0. The molecule has 0 radical (unpaired) electrons. The number of fused-ring (bicyclic) bond motifs is 1. The van der Waals surface area contributed by atoms with Crippen LogP contribution in [0.4, 0.5) is 0 Å². The fourth-order valence-corrected chi connectivity index (χ4v) is 4.29. The van der Waals surface area contributed by atoms with Crippen molar-refractivity contribution in [2.75, 3.05) is 13.1 Å². The van der Waals surface area contributed by atoms with E-state index in [0.717, 1.165) is 72.6 Å². The van der Waals surface area contributed by atoms with Crippen molar-refractivity contribution in [3.63, 3.8) is 0 Å². The average molecular weight is 408 g/mol. The molecule has 0 saturated carbocycles. The Kier molecular flexibility index (Phi) is 5.23. The number of allylic oxidation sites excluding steroid dienone is 1. The molecular formula is C26H25N5. The van der Waals surface area contributed by atoms with E-state index >= 15 is 0 Å². The zero-order valence-electron chi connectivity index (χ0n) is 17.8. The topological polar surface area (TPSA) is 56.7 Å². The van der Waals surface area contributed by atoms with Gasteiger partial charge in [0.15, 0.2) is 0 Å². The summed E-state index contributed by atoms with van der Waals surface area (Å²) in [5.74, 6) is 0. The van der Waals surface area contributed by atoms with E-state index in [2.05, 4.69) is 69.9 Å². The van der Waals surface area contributed by atoms with Crippen LogP contribution in [0, 0.1) is 18.3 Å². The predicted molar refractivity (Wildman–Crippen MR) is 125 cm³/mol. The lowest BCUT2D eigenvalue weighted by molar-refractivity contribution is 0.287. The molecular weight excluding hydrogens is 382 g/mol. The van der Waals surface area contributed by atoms with Gasteiger partial charge < -0.3 is 4.40 Å². The van der Waals surface area contributed by atoms with Gasteiger partial charge in [-0.05, 0) is 38.3 Å². The van der Waals surface area contributed by atoms with Crippen LogP contribution in [-0.4, -0.2) is 33.6 Å². The summed E-state index contributed by atoms with van der Waals surface area (Å²) >= 11 is 0. The Labute approximate surface area is 182 Å². The molecule has 2 aliphatic rings. The van der Waals surface area contributed by atoms with Crippen molar-refractivity contribution in [3.05, 3.63) is 77.1 Å². The first-order chi connectivity index (χ1) is 15.2. The van der Waals surface area contributed by atoms with E-state index in [1.807, 2.05) is 18.3 Å². The first kappa shape index (κ1) is 19.5. The summed E-state index contributed by atoms with van der Waals surface area (Å²) in [5, 5.41) is 9.57. The van der Waals surface area contributed by atoms with Gasteiger partial charge in [0.1, 0.15) is 5.65 Å². The van der Waals surface area contributed by atoms with Crippen LogP contribution in [-0.2, 0) is 6.54 Å². The number of aryl methyl sites for hydroxylation is 1. The lowest BCUT2D eigenvalue weighted by Crippen LogP contribution is -2.27. The van der Waals surface area contributed by atoms with Crippen LogP contribution in [0.5, 0.6) is 0 Å². The molecule has 1 aromatic carbocycles. The van der Waals surface area contributed by atoms with E-state index in [4.69, 9.17) is 4.98 Å². The number of nitrogens with zero attached hydrogens (tertiary/aromatic N) is 5.